The Morgan fingerprint density at radius 3 is 2.69 bits per heavy atom. The number of hydrogen-bond donors (Lipinski definition) is 1. The molecule has 3 aromatic rings. The lowest BCUT2D eigenvalue weighted by Gasteiger charge is -2.05. The number of benzene rings is 2. The number of aryl methyl sites for hydroxylation is 1. The van der Waals surface area contributed by atoms with Crippen molar-refractivity contribution in [3.05, 3.63) is 75.0 Å². The van der Waals surface area contributed by atoms with E-state index in [-0.39, 0.29) is 23.8 Å². The van der Waals surface area contributed by atoms with Crippen LogP contribution in [-0.2, 0) is 11.2 Å². The molecule has 1 heterocycles. The van der Waals surface area contributed by atoms with Crippen LogP contribution >= 0.6 is 11.3 Å². The molecular formula is C18H14FN3O3S. The van der Waals surface area contributed by atoms with Crippen molar-refractivity contribution in [3.8, 4) is 10.6 Å². The molecule has 0 unspecified atom stereocenters. The van der Waals surface area contributed by atoms with Gasteiger partial charge in [-0.2, -0.15) is 0 Å². The number of nitro groups is 1. The van der Waals surface area contributed by atoms with E-state index in [4.69, 9.17) is 0 Å². The Balaban J connectivity index is 1.68. The van der Waals surface area contributed by atoms with E-state index < -0.39 is 4.92 Å². The minimum absolute atomic E-state index is 0.0410. The SMILES string of the molecule is Cc1ccc(NC(=O)Cc2csc(-c3ccc(F)cc3)n2)cc1[N+](=O)[O-]. The third-order valence-electron chi connectivity index (χ3n) is 3.67. The highest BCUT2D eigenvalue weighted by Gasteiger charge is 2.14. The molecule has 0 atom stereocenters. The van der Waals surface area contributed by atoms with Crippen LogP contribution < -0.4 is 5.32 Å². The maximum Gasteiger partial charge on any atom is 0.274 e. The minimum atomic E-state index is -0.486. The fraction of sp³-hybridized carbons (Fsp3) is 0.111. The van der Waals surface area contributed by atoms with Gasteiger partial charge in [-0.3, -0.25) is 14.9 Å². The molecule has 0 spiro atoms. The monoisotopic (exact) mass is 371 g/mol. The molecule has 0 saturated carbocycles. The second kappa shape index (κ2) is 7.40. The lowest BCUT2D eigenvalue weighted by molar-refractivity contribution is -0.385. The summed E-state index contributed by atoms with van der Waals surface area (Å²) < 4.78 is 13.0. The topological polar surface area (TPSA) is 85.1 Å². The van der Waals surface area contributed by atoms with Crippen molar-refractivity contribution >= 4 is 28.6 Å². The molecule has 1 amide bonds. The van der Waals surface area contributed by atoms with Gasteiger partial charge in [0.1, 0.15) is 10.8 Å². The predicted molar refractivity (Wildman–Crippen MR) is 97.7 cm³/mol. The molecule has 6 nitrogen and oxygen atoms in total. The first-order valence-corrected chi connectivity index (χ1v) is 8.55. The average molecular weight is 371 g/mol. The van der Waals surface area contributed by atoms with E-state index in [0.29, 0.717) is 22.0 Å². The molecule has 1 N–H and O–H groups in total. The van der Waals surface area contributed by atoms with E-state index in [1.165, 1.54) is 29.5 Å². The second-order valence-corrected chi connectivity index (χ2v) is 6.49. The Labute approximate surface area is 152 Å². The quantitative estimate of drug-likeness (QED) is 0.534. The van der Waals surface area contributed by atoms with E-state index >= 15 is 0 Å². The normalized spacial score (nSPS) is 10.5. The zero-order valence-electron chi connectivity index (χ0n) is 13.7. The van der Waals surface area contributed by atoms with Gasteiger partial charge in [0.25, 0.3) is 5.69 Å². The van der Waals surface area contributed by atoms with E-state index in [2.05, 4.69) is 10.3 Å². The highest BCUT2D eigenvalue weighted by Crippen LogP contribution is 2.25. The molecule has 0 fully saturated rings. The molecule has 8 heteroatoms. The van der Waals surface area contributed by atoms with E-state index in [1.807, 2.05) is 0 Å². The van der Waals surface area contributed by atoms with Crippen molar-refractivity contribution in [2.45, 2.75) is 13.3 Å². The summed E-state index contributed by atoms with van der Waals surface area (Å²) in [6.07, 6.45) is 0.0410. The van der Waals surface area contributed by atoms with Crippen LogP contribution in [0.2, 0.25) is 0 Å². The highest BCUT2D eigenvalue weighted by molar-refractivity contribution is 7.13. The summed E-state index contributed by atoms with van der Waals surface area (Å²) in [4.78, 5) is 27.0. The van der Waals surface area contributed by atoms with Crippen LogP contribution in [0, 0.1) is 22.9 Å². The zero-order valence-corrected chi connectivity index (χ0v) is 14.5. The molecule has 0 aliphatic carbocycles. The summed E-state index contributed by atoms with van der Waals surface area (Å²) >= 11 is 1.36. The van der Waals surface area contributed by atoms with Gasteiger partial charge in [0, 0.05) is 28.3 Å². The van der Waals surface area contributed by atoms with Crippen LogP contribution in [0.1, 0.15) is 11.3 Å². The number of aromatic nitrogens is 1. The molecule has 132 valence electrons. The molecule has 3 rings (SSSR count). The molecule has 0 aliphatic heterocycles. The number of rotatable bonds is 5. The molecule has 0 radical (unpaired) electrons. The van der Waals surface area contributed by atoms with Crippen LogP contribution in [0.15, 0.2) is 47.8 Å². The fourth-order valence-electron chi connectivity index (χ4n) is 2.37. The maximum absolute atomic E-state index is 13.0. The third kappa shape index (κ3) is 4.09. The van der Waals surface area contributed by atoms with Crippen LogP contribution in [0.3, 0.4) is 0 Å². The maximum atomic E-state index is 13.0. The van der Waals surface area contributed by atoms with E-state index in [1.54, 1.807) is 36.6 Å². The Hall–Kier alpha value is -3.13. The van der Waals surface area contributed by atoms with Crippen molar-refractivity contribution in [1.29, 1.82) is 0 Å². The fourth-order valence-corrected chi connectivity index (χ4v) is 3.19. The van der Waals surface area contributed by atoms with Gasteiger partial charge < -0.3 is 5.32 Å². The van der Waals surface area contributed by atoms with Crippen molar-refractivity contribution in [2.24, 2.45) is 0 Å². The lowest BCUT2D eigenvalue weighted by Crippen LogP contribution is -2.14. The summed E-state index contributed by atoms with van der Waals surface area (Å²) in [5.41, 5.74) is 2.19. The van der Waals surface area contributed by atoms with Crippen molar-refractivity contribution in [2.75, 3.05) is 5.32 Å². The van der Waals surface area contributed by atoms with Crippen LogP contribution in [0.25, 0.3) is 10.6 Å². The summed E-state index contributed by atoms with van der Waals surface area (Å²) in [5, 5.41) is 16.1. The summed E-state index contributed by atoms with van der Waals surface area (Å²) in [5.74, 6) is -0.642. The van der Waals surface area contributed by atoms with Gasteiger partial charge in [0.2, 0.25) is 5.91 Å². The van der Waals surface area contributed by atoms with Crippen LogP contribution in [-0.4, -0.2) is 15.8 Å². The van der Waals surface area contributed by atoms with Gasteiger partial charge >= 0.3 is 0 Å². The second-order valence-electron chi connectivity index (χ2n) is 5.63. The standard InChI is InChI=1S/C18H14FN3O3S/c1-11-2-7-14(8-16(11)22(24)25)20-17(23)9-15-10-26-18(21-15)12-3-5-13(19)6-4-12/h2-8,10H,9H2,1H3,(H,20,23). The predicted octanol–water partition coefficient (Wildman–Crippen LogP) is 4.35. The first kappa shape index (κ1) is 17.7. The molecule has 0 aliphatic rings. The van der Waals surface area contributed by atoms with Gasteiger partial charge in [-0.05, 0) is 37.3 Å². The van der Waals surface area contributed by atoms with E-state index in [0.717, 1.165) is 5.56 Å². The molecule has 1 aromatic heterocycles. The first-order chi connectivity index (χ1) is 12.4. The van der Waals surface area contributed by atoms with Crippen LogP contribution in [0.5, 0.6) is 0 Å². The minimum Gasteiger partial charge on any atom is -0.325 e. The van der Waals surface area contributed by atoms with E-state index in [9.17, 15) is 19.3 Å². The Morgan fingerprint density at radius 2 is 2.00 bits per heavy atom. The van der Waals surface area contributed by atoms with Gasteiger partial charge in [-0.25, -0.2) is 9.37 Å². The summed E-state index contributed by atoms with van der Waals surface area (Å²) in [6.45, 7) is 1.63. The molecule has 26 heavy (non-hydrogen) atoms. The van der Waals surface area contributed by atoms with Crippen molar-refractivity contribution < 1.29 is 14.1 Å². The number of anilines is 1. The largest absolute Gasteiger partial charge is 0.325 e. The van der Waals surface area contributed by atoms with Crippen molar-refractivity contribution in [3.63, 3.8) is 0 Å². The lowest BCUT2D eigenvalue weighted by atomic mass is 10.2. The summed E-state index contributed by atoms with van der Waals surface area (Å²) in [6, 6.07) is 10.5. The Morgan fingerprint density at radius 1 is 1.27 bits per heavy atom. The Kier molecular flexibility index (Phi) is 5.04. The average Bonchev–Trinajstić information content (AvgIpc) is 3.05. The molecule has 0 bridgehead atoms. The molecule has 2 aromatic carbocycles. The number of thiazole rings is 1. The van der Waals surface area contributed by atoms with Gasteiger partial charge in [0.15, 0.2) is 0 Å². The number of amides is 1. The summed E-state index contributed by atoms with van der Waals surface area (Å²) in [7, 11) is 0. The number of nitro benzene ring substituents is 1. The van der Waals surface area contributed by atoms with Crippen molar-refractivity contribution in [1.82, 2.24) is 4.98 Å². The molecular weight excluding hydrogens is 357 g/mol. The smallest absolute Gasteiger partial charge is 0.274 e. The number of hydrogen-bond acceptors (Lipinski definition) is 5. The molecule has 0 saturated heterocycles. The third-order valence-corrected chi connectivity index (χ3v) is 4.61. The highest BCUT2D eigenvalue weighted by atomic mass is 32.1. The number of halogens is 1. The Bertz CT molecular complexity index is 970. The van der Waals surface area contributed by atoms with Gasteiger partial charge in [-0.1, -0.05) is 6.07 Å². The number of nitrogens with one attached hydrogen (secondary N) is 1. The number of carbonyl (C=O) groups is 1. The van der Waals surface area contributed by atoms with Gasteiger partial charge in [-0.15, -0.1) is 11.3 Å². The van der Waals surface area contributed by atoms with Gasteiger partial charge in [0.05, 0.1) is 17.0 Å². The zero-order chi connectivity index (χ0) is 18.7. The number of nitrogens with zero attached hydrogens (tertiary/aromatic N) is 2. The number of carbonyl (C=O) groups excluding carboxylic acids is 1. The van der Waals surface area contributed by atoms with Crippen LogP contribution in [0.4, 0.5) is 15.8 Å². The first-order valence-electron chi connectivity index (χ1n) is 7.67.